The van der Waals surface area contributed by atoms with Crippen molar-refractivity contribution in [3.05, 3.63) is 0 Å². The first-order chi connectivity index (χ1) is 7.83. The van der Waals surface area contributed by atoms with E-state index >= 15 is 0 Å². The van der Waals surface area contributed by atoms with E-state index in [0.29, 0.717) is 0 Å². The van der Waals surface area contributed by atoms with Gasteiger partial charge in [-0.2, -0.15) is 0 Å². The number of rotatable bonds is 10. The van der Waals surface area contributed by atoms with Gasteiger partial charge in [0.15, 0.2) is 0 Å². The predicted molar refractivity (Wildman–Crippen MR) is 76.0 cm³/mol. The average molecular weight is 244 g/mol. The van der Waals surface area contributed by atoms with Crippen LogP contribution in [0.25, 0.3) is 0 Å². The molecule has 0 heterocycles. The summed E-state index contributed by atoms with van der Waals surface area (Å²) in [5.74, 6) is 0. The summed E-state index contributed by atoms with van der Waals surface area (Å²) in [6.45, 7) is 14.2. The molecule has 104 valence electrons. The van der Waals surface area contributed by atoms with Crippen molar-refractivity contribution in [3.63, 3.8) is 0 Å². The lowest BCUT2D eigenvalue weighted by Gasteiger charge is -2.24. The molecule has 17 heavy (non-hydrogen) atoms. The molecule has 6 N–H and O–H groups in total. The Bertz CT molecular complexity index is 170. The van der Waals surface area contributed by atoms with E-state index in [1.54, 1.807) is 0 Å². The van der Waals surface area contributed by atoms with Crippen LogP contribution in [0.1, 0.15) is 34.1 Å². The molecular formula is C13H32N4. The summed E-state index contributed by atoms with van der Waals surface area (Å²) < 4.78 is 0. The van der Waals surface area contributed by atoms with Gasteiger partial charge >= 0.3 is 0 Å². The lowest BCUT2D eigenvalue weighted by Crippen LogP contribution is -2.38. The normalized spacial score (nSPS) is 13.1. The topological polar surface area (TPSA) is 76.1 Å². The SMILES string of the molecule is CC(C)(CN)CNCCCNCC(C)(C)CN. The average Bonchev–Trinajstić information content (AvgIpc) is 2.27. The maximum Gasteiger partial charge on any atom is 0.00146 e. The fourth-order valence-electron chi connectivity index (χ4n) is 1.34. The van der Waals surface area contributed by atoms with Crippen molar-refractivity contribution in [1.82, 2.24) is 10.6 Å². The molecule has 0 aromatic rings. The molecule has 0 saturated carbocycles. The second kappa shape index (κ2) is 8.03. The van der Waals surface area contributed by atoms with Gasteiger partial charge in [0.05, 0.1) is 0 Å². The smallest absolute Gasteiger partial charge is 0.00146 e. The minimum atomic E-state index is 0.203. The highest BCUT2D eigenvalue weighted by atomic mass is 14.9. The van der Waals surface area contributed by atoms with Gasteiger partial charge in [-0.3, -0.25) is 0 Å². The number of hydrogen-bond donors (Lipinski definition) is 4. The van der Waals surface area contributed by atoms with Crippen LogP contribution in [0.5, 0.6) is 0 Å². The molecule has 0 amide bonds. The monoisotopic (exact) mass is 244 g/mol. The van der Waals surface area contributed by atoms with Gasteiger partial charge < -0.3 is 22.1 Å². The minimum Gasteiger partial charge on any atom is -0.330 e. The fraction of sp³-hybridized carbons (Fsp3) is 1.00. The van der Waals surface area contributed by atoms with Gasteiger partial charge in [-0.15, -0.1) is 0 Å². The summed E-state index contributed by atoms with van der Waals surface area (Å²) in [6, 6.07) is 0. The van der Waals surface area contributed by atoms with Crippen molar-refractivity contribution < 1.29 is 0 Å². The lowest BCUT2D eigenvalue weighted by atomic mass is 9.94. The third kappa shape index (κ3) is 9.53. The highest BCUT2D eigenvalue weighted by molar-refractivity contribution is 4.73. The van der Waals surface area contributed by atoms with Crippen LogP contribution in [0.2, 0.25) is 0 Å². The second-order valence-electron chi connectivity index (χ2n) is 6.44. The Kier molecular flexibility index (Phi) is 7.96. The van der Waals surface area contributed by atoms with E-state index in [1.165, 1.54) is 0 Å². The molecule has 0 saturated heterocycles. The van der Waals surface area contributed by atoms with Gasteiger partial charge in [-0.1, -0.05) is 27.7 Å². The van der Waals surface area contributed by atoms with Gasteiger partial charge in [0.2, 0.25) is 0 Å². The molecule has 4 heteroatoms. The van der Waals surface area contributed by atoms with Crippen LogP contribution in [0.4, 0.5) is 0 Å². The van der Waals surface area contributed by atoms with Crippen LogP contribution >= 0.6 is 0 Å². The minimum absolute atomic E-state index is 0.203. The molecular weight excluding hydrogens is 212 g/mol. The van der Waals surface area contributed by atoms with E-state index in [-0.39, 0.29) is 10.8 Å². The van der Waals surface area contributed by atoms with Crippen LogP contribution < -0.4 is 22.1 Å². The summed E-state index contributed by atoms with van der Waals surface area (Å²) >= 11 is 0. The Balaban J connectivity index is 3.36. The highest BCUT2D eigenvalue weighted by Gasteiger charge is 2.15. The van der Waals surface area contributed by atoms with Crippen molar-refractivity contribution in [2.45, 2.75) is 34.1 Å². The zero-order chi connectivity index (χ0) is 13.4. The third-order valence-electron chi connectivity index (χ3n) is 3.02. The van der Waals surface area contributed by atoms with Gasteiger partial charge in [0.25, 0.3) is 0 Å². The van der Waals surface area contributed by atoms with Gasteiger partial charge in [0, 0.05) is 13.1 Å². The van der Waals surface area contributed by atoms with E-state index in [9.17, 15) is 0 Å². The Hall–Kier alpha value is -0.160. The summed E-state index contributed by atoms with van der Waals surface area (Å²) in [4.78, 5) is 0. The zero-order valence-electron chi connectivity index (χ0n) is 12.1. The van der Waals surface area contributed by atoms with Crippen molar-refractivity contribution in [3.8, 4) is 0 Å². The number of nitrogens with one attached hydrogen (secondary N) is 2. The van der Waals surface area contributed by atoms with E-state index in [2.05, 4.69) is 38.3 Å². The first kappa shape index (κ1) is 16.8. The zero-order valence-corrected chi connectivity index (χ0v) is 12.1. The molecule has 4 nitrogen and oxygen atoms in total. The van der Waals surface area contributed by atoms with E-state index < -0.39 is 0 Å². The second-order valence-corrected chi connectivity index (χ2v) is 6.44. The van der Waals surface area contributed by atoms with Crippen molar-refractivity contribution in [2.24, 2.45) is 22.3 Å². The summed E-state index contributed by atoms with van der Waals surface area (Å²) in [5, 5.41) is 6.89. The van der Waals surface area contributed by atoms with Gasteiger partial charge in [-0.05, 0) is 43.4 Å². The molecule has 0 radical (unpaired) electrons. The van der Waals surface area contributed by atoms with Gasteiger partial charge in [0.1, 0.15) is 0 Å². The summed E-state index contributed by atoms with van der Waals surface area (Å²) in [7, 11) is 0. The standard InChI is InChI=1S/C13H32N4/c1-12(2,8-14)10-16-6-5-7-17-11-13(3,4)9-15/h16-17H,5-11,14-15H2,1-4H3. The van der Waals surface area contributed by atoms with Crippen LogP contribution in [0.15, 0.2) is 0 Å². The molecule has 0 aliphatic heterocycles. The molecule has 0 aliphatic carbocycles. The number of nitrogens with two attached hydrogens (primary N) is 2. The molecule has 0 bridgehead atoms. The van der Waals surface area contributed by atoms with Crippen LogP contribution in [-0.4, -0.2) is 39.3 Å². The first-order valence-electron chi connectivity index (χ1n) is 6.64. The third-order valence-corrected chi connectivity index (χ3v) is 3.02. The quantitative estimate of drug-likeness (QED) is 0.423. The maximum absolute atomic E-state index is 5.67. The van der Waals surface area contributed by atoms with Crippen molar-refractivity contribution in [2.75, 3.05) is 39.3 Å². The molecule has 0 unspecified atom stereocenters. The predicted octanol–water partition coefficient (Wildman–Crippen LogP) is 0.526. The number of hydrogen-bond acceptors (Lipinski definition) is 4. The molecule has 0 fully saturated rings. The molecule has 0 aromatic heterocycles. The first-order valence-corrected chi connectivity index (χ1v) is 6.64. The summed E-state index contributed by atoms with van der Waals surface area (Å²) in [6.07, 6.45) is 1.14. The largest absolute Gasteiger partial charge is 0.330 e. The fourth-order valence-corrected chi connectivity index (χ4v) is 1.34. The lowest BCUT2D eigenvalue weighted by molar-refractivity contribution is 0.340. The molecule has 0 spiro atoms. The van der Waals surface area contributed by atoms with Crippen molar-refractivity contribution >= 4 is 0 Å². The highest BCUT2D eigenvalue weighted by Crippen LogP contribution is 2.10. The Morgan fingerprint density at radius 1 is 0.765 bits per heavy atom. The van der Waals surface area contributed by atoms with Crippen LogP contribution in [-0.2, 0) is 0 Å². The molecule has 0 aliphatic rings. The Morgan fingerprint density at radius 3 is 1.41 bits per heavy atom. The van der Waals surface area contributed by atoms with Gasteiger partial charge in [-0.25, -0.2) is 0 Å². The molecule has 0 atom stereocenters. The van der Waals surface area contributed by atoms with E-state index in [1.807, 2.05) is 0 Å². The Labute approximate surface area is 107 Å². The summed E-state index contributed by atoms with van der Waals surface area (Å²) in [5.41, 5.74) is 11.7. The molecule has 0 aromatic carbocycles. The van der Waals surface area contributed by atoms with Crippen LogP contribution in [0.3, 0.4) is 0 Å². The molecule has 0 rings (SSSR count). The maximum atomic E-state index is 5.67. The Morgan fingerprint density at radius 2 is 1.12 bits per heavy atom. The van der Waals surface area contributed by atoms with E-state index in [0.717, 1.165) is 45.7 Å². The van der Waals surface area contributed by atoms with Crippen LogP contribution in [0, 0.1) is 10.8 Å². The van der Waals surface area contributed by atoms with Crippen molar-refractivity contribution in [1.29, 1.82) is 0 Å². The van der Waals surface area contributed by atoms with E-state index in [4.69, 9.17) is 11.5 Å².